The van der Waals surface area contributed by atoms with Crippen LogP contribution in [0, 0.1) is 0 Å². The molecule has 1 unspecified atom stereocenters. The Balaban J connectivity index is 2.02. The summed E-state index contributed by atoms with van der Waals surface area (Å²) in [5.41, 5.74) is 2.34. The highest BCUT2D eigenvalue weighted by Gasteiger charge is 2.14. The molecule has 20 heavy (non-hydrogen) atoms. The van der Waals surface area contributed by atoms with Gasteiger partial charge in [0.05, 0.1) is 11.6 Å². The van der Waals surface area contributed by atoms with E-state index in [0.29, 0.717) is 0 Å². The summed E-state index contributed by atoms with van der Waals surface area (Å²) in [4.78, 5) is 7.18. The van der Waals surface area contributed by atoms with Gasteiger partial charge in [-0.15, -0.1) is 11.3 Å². The molecule has 0 aliphatic carbocycles. The van der Waals surface area contributed by atoms with E-state index >= 15 is 0 Å². The SMILES string of the molecule is CCc1ccc(C(NC)c2ccc3ncccc3c2)s1. The lowest BCUT2D eigenvalue weighted by molar-refractivity contribution is 0.705. The Morgan fingerprint density at radius 2 is 2.10 bits per heavy atom. The van der Waals surface area contributed by atoms with Gasteiger partial charge in [0, 0.05) is 21.3 Å². The molecule has 0 saturated heterocycles. The van der Waals surface area contributed by atoms with E-state index in [9.17, 15) is 0 Å². The van der Waals surface area contributed by atoms with Crippen molar-refractivity contribution in [2.45, 2.75) is 19.4 Å². The van der Waals surface area contributed by atoms with Crippen LogP contribution in [0.4, 0.5) is 0 Å². The molecule has 1 N–H and O–H groups in total. The summed E-state index contributed by atoms with van der Waals surface area (Å²) in [6.07, 6.45) is 2.94. The van der Waals surface area contributed by atoms with Gasteiger partial charge in [0.2, 0.25) is 0 Å². The minimum Gasteiger partial charge on any atom is -0.309 e. The van der Waals surface area contributed by atoms with Crippen LogP contribution in [0.1, 0.15) is 28.3 Å². The maximum Gasteiger partial charge on any atom is 0.0702 e. The van der Waals surface area contributed by atoms with Crippen LogP contribution in [0.5, 0.6) is 0 Å². The summed E-state index contributed by atoms with van der Waals surface area (Å²) in [5.74, 6) is 0. The van der Waals surface area contributed by atoms with Crippen molar-refractivity contribution in [3.63, 3.8) is 0 Å². The molecule has 0 fully saturated rings. The highest BCUT2D eigenvalue weighted by atomic mass is 32.1. The summed E-state index contributed by atoms with van der Waals surface area (Å²) in [6.45, 7) is 2.20. The fraction of sp³-hybridized carbons (Fsp3) is 0.235. The second-order valence-electron chi connectivity index (χ2n) is 4.83. The molecule has 3 heteroatoms. The van der Waals surface area contributed by atoms with Crippen LogP contribution < -0.4 is 5.32 Å². The molecule has 0 amide bonds. The van der Waals surface area contributed by atoms with Gasteiger partial charge in [0.1, 0.15) is 0 Å². The zero-order valence-electron chi connectivity index (χ0n) is 11.8. The monoisotopic (exact) mass is 282 g/mol. The van der Waals surface area contributed by atoms with Gasteiger partial charge in [-0.2, -0.15) is 0 Å². The molecule has 0 spiro atoms. The average molecular weight is 282 g/mol. The Kier molecular flexibility index (Phi) is 3.81. The largest absolute Gasteiger partial charge is 0.309 e. The summed E-state index contributed by atoms with van der Waals surface area (Å²) in [7, 11) is 2.02. The van der Waals surface area contributed by atoms with Gasteiger partial charge in [-0.3, -0.25) is 4.98 Å². The molecule has 0 aliphatic heterocycles. The third-order valence-corrected chi connectivity index (χ3v) is 4.86. The number of pyridine rings is 1. The molecular formula is C17H18N2S. The number of fused-ring (bicyclic) bond motifs is 1. The molecule has 1 atom stereocenters. The van der Waals surface area contributed by atoms with Gasteiger partial charge in [-0.1, -0.05) is 19.1 Å². The van der Waals surface area contributed by atoms with Gasteiger partial charge in [-0.05, 0) is 49.4 Å². The van der Waals surface area contributed by atoms with E-state index in [1.807, 2.05) is 30.6 Å². The molecule has 102 valence electrons. The number of thiophene rings is 1. The lowest BCUT2D eigenvalue weighted by atomic mass is 10.0. The number of aromatic nitrogens is 1. The van der Waals surface area contributed by atoms with Gasteiger partial charge in [0.25, 0.3) is 0 Å². The standard InChI is InChI=1S/C17H18N2S/c1-3-14-7-9-16(20-14)17(18-2)13-6-8-15-12(11-13)5-4-10-19-15/h4-11,17-18H,3H2,1-2H3. The first-order valence-electron chi connectivity index (χ1n) is 6.92. The van der Waals surface area contributed by atoms with Crippen LogP contribution in [0.25, 0.3) is 10.9 Å². The zero-order valence-corrected chi connectivity index (χ0v) is 12.6. The lowest BCUT2D eigenvalue weighted by Gasteiger charge is -2.15. The predicted molar refractivity (Wildman–Crippen MR) is 86.3 cm³/mol. The number of aryl methyl sites for hydroxylation is 1. The van der Waals surface area contributed by atoms with E-state index in [1.165, 1.54) is 20.7 Å². The lowest BCUT2D eigenvalue weighted by Crippen LogP contribution is -2.16. The number of hydrogen-bond donors (Lipinski definition) is 1. The molecule has 0 saturated carbocycles. The maximum atomic E-state index is 4.38. The van der Waals surface area contributed by atoms with E-state index in [0.717, 1.165) is 11.9 Å². The van der Waals surface area contributed by atoms with Gasteiger partial charge in [0.15, 0.2) is 0 Å². The normalized spacial score (nSPS) is 12.7. The Labute approximate surface area is 123 Å². The Bertz CT molecular complexity index is 718. The molecule has 1 aromatic carbocycles. The van der Waals surface area contributed by atoms with E-state index in [2.05, 4.69) is 53.6 Å². The first kappa shape index (κ1) is 13.3. The fourth-order valence-electron chi connectivity index (χ4n) is 2.49. The average Bonchev–Trinajstić information content (AvgIpc) is 2.97. The van der Waals surface area contributed by atoms with Crippen molar-refractivity contribution in [1.29, 1.82) is 0 Å². The molecule has 2 heterocycles. The van der Waals surface area contributed by atoms with E-state index < -0.39 is 0 Å². The number of hydrogen-bond acceptors (Lipinski definition) is 3. The van der Waals surface area contributed by atoms with Crippen molar-refractivity contribution in [3.05, 3.63) is 64.0 Å². The van der Waals surface area contributed by atoms with Crippen molar-refractivity contribution in [3.8, 4) is 0 Å². The molecule has 0 radical (unpaired) electrons. The molecule has 0 aliphatic rings. The molecule has 3 aromatic rings. The van der Waals surface area contributed by atoms with Gasteiger partial charge in [-0.25, -0.2) is 0 Å². The van der Waals surface area contributed by atoms with Crippen LogP contribution in [0.15, 0.2) is 48.7 Å². The summed E-state index contributed by atoms with van der Waals surface area (Å²) in [5, 5.41) is 4.62. The van der Waals surface area contributed by atoms with Crippen LogP contribution in [0.2, 0.25) is 0 Å². The second kappa shape index (κ2) is 5.73. The van der Waals surface area contributed by atoms with E-state index in [4.69, 9.17) is 0 Å². The molecule has 0 bridgehead atoms. The van der Waals surface area contributed by atoms with Crippen molar-refractivity contribution in [2.75, 3.05) is 7.05 Å². The Morgan fingerprint density at radius 3 is 2.85 bits per heavy atom. The Morgan fingerprint density at radius 1 is 1.20 bits per heavy atom. The smallest absolute Gasteiger partial charge is 0.0702 e. The van der Waals surface area contributed by atoms with E-state index in [-0.39, 0.29) is 6.04 Å². The minimum absolute atomic E-state index is 0.255. The minimum atomic E-state index is 0.255. The van der Waals surface area contributed by atoms with Crippen LogP contribution in [-0.4, -0.2) is 12.0 Å². The number of rotatable bonds is 4. The van der Waals surface area contributed by atoms with Crippen LogP contribution >= 0.6 is 11.3 Å². The maximum absolute atomic E-state index is 4.38. The Hall–Kier alpha value is -1.71. The predicted octanol–water partition coefficient (Wildman–Crippen LogP) is 4.17. The van der Waals surface area contributed by atoms with Crippen molar-refractivity contribution in [2.24, 2.45) is 0 Å². The zero-order chi connectivity index (χ0) is 13.9. The highest BCUT2D eigenvalue weighted by Crippen LogP contribution is 2.30. The fourth-order valence-corrected chi connectivity index (χ4v) is 3.58. The highest BCUT2D eigenvalue weighted by molar-refractivity contribution is 7.12. The van der Waals surface area contributed by atoms with Crippen molar-refractivity contribution < 1.29 is 0 Å². The molecule has 3 rings (SSSR count). The number of nitrogens with one attached hydrogen (secondary N) is 1. The van der Waals surface area contributed by atoms with E-state index in [1.54, 1.807) is 0 Å². The van der Waals surface area contributed by atoms with Crippen LogP contribution in [0.3, 0.4) is 0 Å². The first-order valence-corrected chi connectivity index (χ1v) is 7.74. The summed E-state index contributed by atoms with van der Waals surface area (Å²) < 4.78 is 0. The van der Waals surface area contributed by atoms with Crippen molar-refractivity contribution >= 4 is 22.2 Å². The number of benzene rings is 1. The van der Waals surface area contributed by atoms with Gasteiger partial charge >= 0.3 is 0 Å². The molecule has 2 nitrogen and oxygen atoms in total. The number of nitrogens with zero attached hydrogens (tertiary/aromatic N) is 1. The third-order valence-electron chi connectivity index (χ3n) is 3.56. The second-order valence-corrected chi connectivity index (χ2v) is 6.03. The quantitative estimate of drug-likeness (QED) is 0.777. The molecule has 2 aromatic heterocycles. The summed E-state index contributed by atoms with van der Waals surface area (Å²) in [6, 6.07) is 15.3. The third kappa shape index (κ3) is 2.47. The summed E-state index contributed by atoms with van der Waals surface area (Å²) >= 11 is 1.89. The van der Waals surface area contributed by atoms with Crippen molar-refractivity contribution in [1.82, 2.24) is 10.3 Å². The van der Waals surface area contributed by atoms with Crippen LogP contribution in [-0.2, 0) is 6.42 Å². The topological polar surface area (TPSA) is 24.9 Å². The molecular weight excluding hydrogens is 264 g/mol. The van der Waals surface area contributed by atoms with Gasteiger partial charge < -0.3 is 5.32 Å². The first-order chi connectivity index (χ1) is 9.81.